The highest BCUT2D eigenvalue weighted by Gasteiger charge is 2.35. The van der Waals surface area contributed by atoms with Crippen LogP contribution in [0.3, 0.4) is 0 Å². The summed E-state index contributed by atoms with van der Waals surface area (Å²) in [7, 11) is 0. The van der Waals surface area contributed by atoms with Crippen LogP contribution in [0.1, 0.15) is 40.2 Å². The van der Waals surface area contributed by atoms with Crippen LogP contribution in [-0.2, 0) is 11.3 Å². The molecule has 4 nitrogen and oxygen atoms in total. The number of fused-ring (bicyclic) bond motifs is 1. The van der Waals surface area contributed by atoms with Gasteiger partial charge in [-0.05, 0) is 58.5 Å². The average molecular weight is 356 g/mol. The zero-order chi connectivity index (χ0) is 18.1. The van der Waals surface area contributed by atoms with E-state index in [9.17, 15) is 4.79 Å². The SMILES string of the molecule is CCn1cc(/C=C2/SC(=NC(C)C)N(C(C)C)C2=O)c2ccccc21. The summed E-state index contributed by atoms with van der Waals surface area (Å²) in [4.78, 5) is 20.1. The summed E-state index contributed by atoms with van der Waals surface area (Å²) < 4.78 is 2.22. The molecule has 0 spiro atoms. The van der Waals surface area contributed by atoms with E-state index in [-0.39, 0.29) is 18.0 Å². The number of amides is 1. The number of nitrogens with zero attached hydrogens (tertiary/aromatic N) is 3. The monoisotopic (exact) mass is 355 g/mol. The molecule has 1 amide bonds. The summed E-state index contributed by atoms with van der Waals surface area (Å²) >= 11 is 1.48. The molecule has 1 aliphatic rings. The van der Waals surface area contributed by atoms with Crippen LogP contribution in [0.25, 0.3) is 17.0 Å². The third-order valence-corrected chi connectivity index (χ3v) is 5.17. The molecule has 0 unspecified atom stereocenters. The minimum Gasteiger partial charge on any atom is -0.347 e. The third kappa shape index (κ3) is 3.38. The number of carbonyl (C=O) groups excluding carboxylic acids is 1. The molecule has 2 heterocycles. The first-order valence-electron chi connectivity index (χ1n) is 8.81. The fourth-order valence-corrected chi connectivity index (χ4v) is 4.27. The van der Waals surface area contributed by atoms with Crippen LogP contribution in [0.2, 0.25) is 0 Å². The Morgan fingerprint density at radius 2 is 1.92 bits per heavy atom. The van der Waals surface area contributed by atoms with Crippen molar-refractivity contribution in [3.05, 3.63) is 40.9 Å². The van der Waals surface area contributed by atoms with Gasteiger partial charge in [-0.1, -0.05) is 18.2 Å². The molecule has 1 aliphatic heterocycles. The first-order chi connectivity index (χ1) is 11.9. The molecule has 0 radical (unpaired) electrons. The lowest BCUT2D eigenvalue weighted by molar-refractivity contribution is -0.123. The van der Waals surface area contributed by atoms with E-state index in [0.29, 0.717) is 0 Å². The van der Waals surface area contributed by atoms with Gasteiger partial charge in [0, 0.05) is 41.3 Å². The number of benzene rings is 1. The Morgan fingerprint density at radius 3 is 2.56 bits per heavy atom. The van der Waals surface area contributed by atoms with Gasteiger partial charge in [0.05, 0.1) is 4.91 Å². The molecule has 3 rings (SSSR count). The lowest BCUT2D eigenvalue weighted by Crippen LogP contribution is -2.35. The second kappa shape index (κ2) is 7.08. The Hall–Kier alpha value is -2.01. The summed E-state index contributed by atoms with van der Waals surface area (Å²) in [5.74, 6) is 0.0488. The van der Waals surface area contributed by atoms with Crippen LogP contribution >= 0.6 is 11.8 Å². The Labute approximate surface area is 153 Å². The third-order valence-electron chi connectivity index (χ3n) is 4.17. The minimum atomic E-state index is 0.0488. The van der Waals surface area contributed by atoms with Crippen LogP contribution in [0.5, 0.6) is 0 Å². The Morgan fingerprint density at radius 1 is 1.20 bits per heavy atom. The van der Waals surface area contributed by atoms with E-state index in [1.54, 1.807) is 4.90 Å². The number of aryl methyl sites for hydroxylation is 1. The molecule has 1 fully saturated rings. The van der Waals surface area contributed by atoms with Crippen molar-refractivity contribution in [3.8, 4) is 0 Å². The lowest BCUT2D eigenvalue weighted by Gasteiger charge is -2.20. The lowest BCUT2D eigenvalue weighted by atomic mass is 10.1. The molecule has 0 aliphatic carbocycles. The summed E-state index contributed by atoms with van der Waals surface area (Å²) in [5, 5.41) is 1.98. The van der Waals surface area contributed by atoms with Crippen molar-refractivity contribution < 1.29 is 4.79 Å². The normalized spacial score (nSPS) is 18.7. The van der Waals surface area contributed by atoms with E-state index in [4.69, 9.17) is 0 Å². The number of hydrogen-bond acceptors (Lipinski definition) is 3. The van der Waals surface area contributed by atoms with Gasteiger partial charge in [-0.3, -0.25) is 14.7 Å². The topological polar surface area (TPSA) is 37.6 Å². The van der Waals surface area contributed by atoms with Crippen LogP contribution in [0, 0.1) is 0 Å². The number of aromatic nitrogens is 1. The van der Waals surface area contributed by atoms with E-state index in [1.165, 1.54) is 22.7 Å². The number of rotatable bonds is 4. The van der Waals surface area contributed by atoms with Crippen molar-refractivity contribution in [1.29, 1.82) is 0 Å². The molecular weight excluding hydrogens is 330 g/mol. The first-order valence-corrected chi connectivity index (χ1v) is 9.62. The Bertz CT molecular complexity index is 861. The maximum atomic E-state index is 12.9. The molecule has 1 aromatic carbocycles. The quantitative estimate of drug-likeness (QED) is 0.742. The van der Waals surface area contributed by atoms with Gasteiger partial charge < -0.3 is 4.57 Å². The van der Waals surface area contributed by atoms with Crippen LogP contribution < -0.4 is 0 Å². The number of carbonyl (C=O) groups is 1. The number of hydrogen-bond donors (Lipinski definition) is 0. The molecule has 0 atom stereocenters. The van der Waals surface area contributed by atoms with E-state index in [1.807, 2.05) is 39.8 Å². The predicted molar refractivity (Wildman–Crippen MR) is 108 cm³/mol. The molecule has 25 heavy (non-hydrogen) atoms. The smallest absolute Gasteiger partial charge is 0.266 e. The first kappa shape index (κ1) is 17.8. The standard InChI is InChI=1S/C20H25N3OS/c1-6-22-12-15(16-9-7-8-10-17(16)22)11-18-19(24)23(14(4)5)20(25-18)21-13(2)3/h7-14H,6H2,1-5H3/b18-11+,21-20?. The number of amidine groups is 1. The van der Waals surface area contributed by atoms with Crippen LogP contribution in [0.15, 0.2) is 40.4 Å². The van der Waals surface area contributed by atoms with Gasteiger partial charge >= 0.3 is 0 Å². The average Bonchev–Trinajstić information content (AvgIpc) is 3.05. The largest absolute Gasteiger partial charge is 0.347 e. The molecule has 1 saturated heterocycles. The molecule has 1 aromatic heterocycles. The second-order valence-electron chi connectivity index (χ2n) is 6.77. The van der Waals surface area contributed by atoms with Crippen molar-refractivity contribution in [2.24, 2.45) is 4.99 Å². The van der Waals surface area contributed by atoms with Gasteiger partial charge in [0.25, 0.3) is 5.91 Å². The molecule has 5 heteroatoms. The maximum Gasteiger partial charge on any atom is 0.266 e. The fraction of sp³-hybridized carbons (Fsp3) is 0.400. The Balaban J connectivity index is 2.06. The highest BCUT2D eigenvalue weighted by atomic mass is 32.2. The molecule has 2 aromatic rings. The number of para-hydroxylation sites is 1. The highest BCUT2D eigenvalue weighted by Crippen LogP contribution is 2.35. The summed E-state index contributed by atoms with van der Waals surface area (Å²) in [6.45, 7) is 11.2. The number of aliphatic imine (C=N–C) groups is 1. The van der Waals surface area contributed by atoms with Crippen LogP contribution in [0.4, 0.5) is 0 Å². The molecule has 132 valence electrons. The van der Waals surface area contributed by atoms with E-state index >= 15 is 0 Å². The van der Waals surface area contributed by atoms with Gasteiger partial charge in [0.1, 0.15) is 0 Å². The van der Waals surface area contributed by atoms with Crippen molar-refractivity contribution in [3.63, 3.8) is 0 Å². The van der Waals surface area contributed by atoms with Gasteiger partial charge in [-0.25, -0.2) is 0 Å². The highest BCUT2D eigenvalue weighted by molar-refractivity contribution is 8.18. The van der Waals surface area contributed by atoms with E-state index in [0.717, 1.165) is 22.2 Å². The predicted octanol–water partition coefficient (Wildman–Crippen LogP) is 4.75. The van der Waals surface area contributed by atoms with Gasteiger partial charge in [0.2, 0.25) is 0 Å². The van der Waals surface area contributed by atoms with Gasteiger partial charge in [-0.15, -0.1) is 0 Å². The van der Waals surface area contributed by atoms with Gasteiger partial charge in [0.15, 0.2) is 5.17 Å². The van der Waals surface area contributed by atoms with Gasteiger partial charge in [-0.2, -0.15) is 0 Å². The van der Waals surface area contributed by atoms with Crippen molar-refractivity contribution in [1.82, 2.24) is 9.47 Å². The summed E-state index contributed by atoms with van der Waals surface area (Å²) in [6.07, 6.45) is 4.14. The molecule has 0 bridgehead atoms. The molecule has 0 N–H and O–H groups in total. The fourth-order valence-electron chi connectivity index (χ4n) is 3.05. The van der Waals surface area contributed by atoms with E-state index < -0.39 is 0 Å². The maximum absolute atomic E-state index is 12.9. The second-order valence-corrected chi connectivity index (χ2v) is 7.78. The van der Waals surface area contributed by atoms with Crippen molar-refractivity contribution in [2.75, 3.05) is 0 Å². The summed E-state index contributed by atoms with van der Waals surface area (Å²) in [5.41, 5.74) is 2.28. The minimum absolute atomic E-state index is 0.0488. The zero-order valence-corrected chi connectivity index (χ0v) is 16.3. The summed E-state index contributed by atoms with van der Waals surface area (Å²) in [6, 6.07) is 8.59. The van der Waals surface area contributed by atoms with Crippen molar-refractivity contribution >= 4 is 39.8 Å². The molecule has 0 saturated carbocycles. The molecular formula is C20H25N3OS. The number of thioether (sulfide) groups is 1. The van der Waals surface area contributed by atoms with Crippen LogP contribution in [-0.4, -0.2) is 32.6 Å². The Kier molecular flexibility index (Phi) is 5.04. The zero-order valence-electron chi connectivity index (χ0n) is 15.5. The van der Waals surface area contributed by atoms with Crippen molar-refractivity contribution in [2.45, 2.75) is 53.2 Å². The van der Waals surface area contributed by atoms with E-state index in [2.05, 4.69) is 40.9 Å².